The molecule has 1 N–H and O–H groups in total. The van der Waals surface area contributed by atoms with Gasteiger partial charge in [0.05, 0.1) is 24.7 Å². The Balaban J connectivity index is 2.42. The van der Waals surface area contributed by atoms with Crippen molar-refractivity contribution in [1.82, 2.24) is 5.32 Å². The number of halogens is 2. The van der Waals surface area contributed by atoms with Crippen molar-refractivity contribution < 1.29 is 18.4 Å². The Bertz CT molecular complexity index is 541. The lowest BCUT2D eigenvalue weighted by atomic mass is 10.1. The van der Waals surface area contributed by atoms with Crippen LogP contribution in [0.1, 0.15) is 5.56 Å². The highest BCUT2D eigenvalue weighted by molar-refractivity contribution is 6.02. The molecule has 2 rings (SSSR count). The van der Waals surface area contributed by atoms with Gasteiger partial charge in [0, 0.05) is 0 Å². The van der Waals surface area contributed by atoms with E-state index in [2.05, 4.69) is 0 Å². The van der Waals surface area contributed by atoms with E-state index in [1.165, 1.54) is 0 Å². The maximum absolute atomic E-state index is 13.7. The maximum Gasteiger partial charge on any atom is 0.246 e. The highest BCUT2D eigenvalue weighted by Gasteiger charge is 2.27. The summed E-state index contributed by atoms with van der Waals surface area (Å²) in [6.45, 7) is -0.628. The number of hydrogen-bond acceptors (Lipinski definition) is 4. The third-order valence-electron chi connectivity index (χ3n) is 2.41. The first-order chi connectivity index (χ1) is 8.51. The Morgan fingerprint density at radius 2 is 1.67 bits per heavy atom. The Labute approximate surface area is 101 Å². The molecule has 0 unspecified atom stereocenters. The first-order valence-electron chi connectivity index (χ1n) is 4.98. The third kappa shape index (κ3) is 2.13. The molecule has 1 aliphatic heterocycles. The van der Waals surface area contributed by atoms with Crippen molar-refractivity contribution in [2.75, 3.05) is 18.0 Å². The van der Waals surface area contributed by atoms with Gasteiger partial charge in [0.2, 0.25) is 11.8 Å². The number of nitrogens with zero attached hydrogens (tertiary/aromatic N) is 2. The van der Waals surface area contributed by atoms with Crippen molar-refractivity contribution in [2.24, 2.45) is 0 Å². The number of amides is 2. The van der Waals surface area contributed by atoms with Crippen LogP contribution in [0.2, 0.25) is 0 Å². The maximum atomic E-state index is 13.7. The van der Waals surface area contributed by atoms with Crippen LogP contribution in [0.25, 0.3) is 0 Å². The second kappa shape index (κ2) is 4.41. The molecule has 18 heavy (non-hydrogen) atoms. The molecule has 5 nitrogen and oxygen atoms in total. The molecule has 1 fully saturated rings. The number of carbonyl (C=O) groups is 2. The van der Waals surface area contributed by atoms with Crippen molar-refractivity contribution in [1.29, 1.82) is 5.26 Å². The number of benzene rings is 1. The molecule has 1 saturated heterocycles. The summed E-state index contributed by atoms with van der Waals surface area (Å²) in [5.41, 5.74) is -0.640. The molecule has 0 saturated carbocycles. The van der Waals surface area contributed by atoms with Crippen molar-refractivity contribution >= 4 is 17.5 Å². The largest absolute Gasteiger partial charge is 0.348 e. The van der Waals surface area contributed by atoms with Gasteiger partial charge in [-0.3, -0.25) is 14.9 Å². The summed E-state index contributed by atoms with van der Waals surface area (Å²) in [6, 6.07) is 3.32. The topological polar surface area (TPSA) is 73.2 Å². The van der Waals surface area contributed by atoms with Gasteiger partial charge >= 0.3 is 0 Å². The van der Waals surface area contributed by atoms with Gasteiger partial charge in [0.25, 0.3) is 0 Å². The van der Waals surface area contributed by atoms with Gasteiger partial charge in [-0.2, -0.15) is 5.26 Å². The molecular weight excluding hydrogens is 244 g/mol. The van der Waals surface area contributed by atoms with Gasteiger partial charge < -0.3 is 4.90 Å². The van der Waals surface area contributed by atoms with E-state index in [0.717, 1.165) is 17.0 Å². The standard InChI is InChI=1S/C11H7F2N3O2/c12-7-1-6(3-14)2-8(13)11(7)16-4-9(17)15-10(18)5-16/h1-2H,4-5H2,(H,15,17,18). The fraction of sp³-hybridized carbons (Fsp3) is 0.182. The molecule has 0 atom stereocenters. The van der Waals surface area contributed by atoms with Crippen molar-refractivity contribution in [3.8, 4) is 6.07 Å². The minimum Gasteiger partial charge on any atom is -0.348 e. The second-order valence-corrected chi connectivity index (χ2v) is 3.73. The summed E-state index contributed by atoms with van der Waals surface area (Å²) in [4.78, 5) is 23.3. The zero-order chi connectivity index (χ0) is 13.3. The average Bonchev–Trinajstić information content (AvgIpc) is 2.26. The fourth-order valence-electron chi connectivity index (χ4n) is 1.73. The Morgan fingerprint density at radius 1 is 1.17 bits per heavy atom. The molecule has 0 spiro atoms. The molecule has 0 bridgehead atoms. The smallest absolute Gasteiger partial charge is 0.246 e. The SMILES string of the molecule is N#Cc1cc(F)c(N2CC(=O)NC(=O)C2)c(F)c1. The molecule has 1 aromatic carbocycles. The van der Waals surface area contributed by atoms with Crippen LogP contribution < -0.4 is 10.2 Å². The summed E-state index contributed by atoms with van der Waals surface area (Å²) in [5, 5.41) is 10.6. The molecule has 0 radical (unpaired) electrons. The normalized spacial score (nSPS) is 15.3. The summed E-state index contributed by atoms with van der Waals surface area (Å²) >= 11 is 0. The highest BCUT2D eigenvalue weighted by atomic mass is 19.1. The Hall–Kier alpha value is -2.49. The van der Waals surface area contributed by atoms with Crippen LogP contribution in [0.3, 0.4) is 0 Å². The van der Waals surface area contributed by atoms with Crippen molar-refractivity contribution in [3.05, 3.63) is 29.3 Å². The molecule has 1 heterocycles. The van der Waals surface area contributed by atoms with Gasteiger partial charge in [-0.25, -0.2) is 8.78 Å². The first kappa shape index (κ1) is 12.0. The second-order valence-electron chi connectivity index (χ2n) is 3.73. The number of piperazine rings is 1. The summed E-state index contributed by atoms with van der Waals surface area (Å²) < 4.78 is 27.3. The minimum absolute atomic E-state index is 0.165. The highest BCUT2D eigenvalue weighted by Crippen LogP contribution is 2.25. The summed E-state index contributed by atoms with van der Waals surface area (Å²) in [7, 11) is 0. The Morgan fingerprint density at radius 3 is 2.11 bits per heavy atom. The van der Waals surface area contributed by atoms with Crippen molar-refractivity contribution in [2.45, 2.75) is 0 Å². The number of imide groups is 1. The van der Waals surface area contributed by atoms with Crippen LogP contribution in [-0.4, -0.2) is 24.9 Å². The van der Waals surface area contributed by atoms with E-state index >= 15 is 0 Å². The molecule has 1 aliphatic rings. The van der Waals surface area contributed by atoms with Gasteiger partial charge in [0.15, 0.2) is 11.6 Å². The zero-order valence-corrected chi connectivity index (χ0v) is 9.04. The van der Waals surface area contributed by atoms with Crippen LogP contribution in [-0.2, 0) is 9.59 Å². The van der Waals surface area contributed by atoms with E-state index in [9.17, 15) is 18.4 Å². The number of carbonyl (C=O) groups excluding carboxylic acids is 2. The molecule has 0 aliphatic carbocycles. The first-order valence-corrected chi connectivity index (χ1v) is 4.98. The molecular formula is C11H7F2N3O2. The quantitative estimate of drug-likeness (QED) is 0.728. The van der Waals surface area contributed by atoms with Crippen LogP contribution in [0.5, 0.6) is 0 Å². The third-order valence-corrected chi connectivity index (χ3v) is 2.41. The predicted molar refractivity (Wildman–Crippen MR) is 56.4 cm³/mol. The predicted octanol–water partition coefficient (Wildman–Crippen LogP) is 0.299. The monoisotopic (exact) mass is 251 g/mol. The lowest BCUT2D eigenvalue weighted by Gasteiger charge is -2.27. The van der Waals surface area contributed by atoms with E-state index in [4.69, 9.17) is 5.26 Å². The zero-order valence-electron chi connectivity index (χ0n) is 9.04. The number of anilines is 1. The number of nitriles is 1. The van der Waals surface area contributed by atoms with E-state index in [1.54, 1.807) is 6.07 Å². The van der Waals surface area contributed by atoms with Crippen LogP contribution in [0, 0.1) is 23.0 Å². The molecule has 7 heteroatoms. The molecule has 2 amide bonds. The lowest BCUT2D eigenvalue weighted by molar-refractivity contribution is -0.130. The summed E-state index contributed by atoms with van der Waals surface area (Å²) in [5.74, 6) is -3.22. The lowest BCUT2D eigenvalue weighted by Crippen LogP contribution is -2.52. The van der Waals surface area contributed by atoms with E-state index in [-0.39, 0.29) is 18.7 Å². The molecule has 92 valence electrons. The van der Waals surface area contributed by atoms with Gasteiger partial charge in [-0.1, -0.05) is 0 Å². The summed E-state index contributed by atoms with van der Waals surface area (Å²) in [6.07, 6.45) is 0. The van der Waals surface area contributed by atoms with Crippen LogP contribution in [0.15, 0.2) is 12.1 Å². The minimum atomic E-state index is -0.978. The number of rotatable bonds is 1. The fourth-order valence-corrected chi connectivity index (χ4v) is 1.73. The molecule has 1 aromatic rings. The van der Waals surface area contributed by atoms with Gasteiger partial charge in [-0.05, 0) is 12.1 Å². The number of nitrogens with one attached hydrogen (secondary N) is 1. The van der Waals surface area contributed by atoms with Crippen molar-refractivity contribution in [3.63, 3.8) is 0 Å². The van der Waals surface area contributed by atoms with E-state index in [0.29, 0.717) is 0 Å². The Kier molecular flexibility index (Phi) is 2.93. The molecule has 0 aromatic heterocycles. The average molecular weight is 251 g/mol. The van der Waals surface area contributed by atoms with Gasteiger partial charge in [-0.15, -0.1) is 0 Å². The van der Waals surface area contributed by atoms with Gasteiger partial charge in [0.1, 0.15) is 5.69 Å². The number of hydrogen-bond donors (Lipinski definition) is 1. The van der Waals surface area contributed by atoms with Crippen LogP contribution in [0.4, 0.5) is 14.5 Å². The van der Waals surface area contributed by atoms with Crippen LogP contribution >= 0.6 is 0 Å². The van der Waals surface area contributed by atoms with E-state index in [1.807, 2.05) is 5.32 Å². The van der Waals surface area contributed by atoms with E-state index < -0.39 is 29.1 Å².